The third-order valence-corrected chi connectivity index (χ3v) is 4.77. The molecule has 8 nitrogen and oxygen atoms in total. The molecule has 1 N–H and O–H groups in total. The zero-order valence-electron chi connectivity index (χ0n) is 12.1. The Labute approximate surface area is 128 Å². The number of nitro benzene ring substituents is 1. The van der Waals surface area contributed by atoms with Crippen LogP contribution in [0.25, 0.3) is 0 Å². The van der Waals surface area contributed by atoms with Crippen molar-refractivity contribution in [3.8, 4) is 0 Å². The van der Waals surface area contributed by atoms with Crippen molar-refractivity contribution in [3.63, 3.8) is 0 Å². The second kappa shape index (κ2) is 6.69. The number of hydrogen-bond acceptors (Lipinski definition) is 6. The zero-order chi connectivity index (χ0) is 16.2. The van der Waals surface area contributed by atoms with E-state index in [1.807, 2.05) is 0 Å². The highest BCUT2D eigenvalue weighted by molar-refractivity contribution is 7.89. The van der Waals surface area contributed by atoms with E-state index in [-0.39, 0.29) is 17.1 Å². The van der Waals surface area contributed by atoms with E-state index in [0.29, 0.717) is 19.6 Å². The number of nitro groups is 1. The summed E-state index contributed by atoms with van der Waals surface area (Å²) in [5.41, 5.74) is -0.270. The molecule has 122 valence electrons. The highest BCUT2D eigenvalue weighted by Gasteiger charge is 2.29. The van der Waals surface area contributed by atoms with Gasteiger partial charge < -0.3 is 9.47 Å². The number of rotatable bonds is 6. The minimum Gasteiger partial charge on any atom is -0.350 e. The fourth-order valence-corrected chi connectivity index (χ4v) is 3.15. The van der Waals surface area contributed by atoms with E-state index < -0.39 is 20.7 Å². The van der Waals surface area contributed by atoms with Crippen LogP contribution in [0.1, 0.15) is 19.8 Å². The molecule has 1 fully saturated rings. The SMILES string of the molecule is CC1(CCNS(=O)(=O)c2cccc([N+](=O)[O-])c2)OCCCO1. The van der Waals surface area contributed by atoms with Gasteiger partial charge in [-0.2, -0.15) is 0 Å². The lowest BCUT2D eigenvalue weighted by Gasteiger charge is -2.33. The smallest absolute Gasteiger partial charge is 0.270 e. The van der Waals surface area contributed by atoms with Crippen LogP contribution >= 0.6 is 0 Å². The van der Waals surface area contributed by atoms with E-state index in [9.17, 15) is 18.5 Å². The van der Waals surface area contributed by atoms with Crippen molar-refractivity contribution in [2.24, 2.45) is 0 Å². The average molecular weight is 330 g/mol. The number of hydrogen-bond donors (Lipinski definition) is 1. The molecule has 0 spiro atoms. The van der Waals surface area contributed by atoms with Crippen LogP contribution in [0.4, 0.5) is 5.69 Å². The van der Waals surface area contributed by atoms with Gasteiger partial charge in [0.1, 0.15) is 0 Å². The Hall–Kier alpha value is -1.55. The molecule has 0 aliphatic carbocycles. The topological polar surface area (TPSA) is 108 Å². The number of sulfonamides is 1. The maximum atomic E-state index is 12.1. The van der Waals surface area contributed by atoms with Crippen LogP contribution in [0.2, 0.25) is 0 Å². The van der Waals surface area contributed by atoms with Crippen LogP contribution in [-0.4, -0.2) is 38.9 Å². The first-order valence-electron chi connectivity index (χ1n) is 6.84. The van der Waals surface area contributed by atoms with E-state index in [1.165, 1.54) is 18.2 Å². The summed E-state index contributed by atoms with van der Waals surface area (Å²) in [4.78, 5) is 9.92. The Bertz CT molecular complexity index is 640. The first kappa shape index (κ1) is 16.8. The van der Waals surface area contributed by atoms with Gasteiger partial charge in [-0.15, -0.1) is 0 Å². The van der Waals surface area contributed by atoms with Crippen molar-refractivity contribution in [1.82, 2.24) is 4.72 Å². The molecule has 1 aromatic carbocycles. The average Bonchev–Trinajstić information content (AvgIpc) is 2.47. The van der Waals surface area contributed by atoms with Crippen LogP contribution in [-0.2, 0) is 19.5 Å². The van der Waals surface area contributed by atoms with E-state index >= 15 is 0 Å². The number of benzene rings is 1. The minimum atomic E-state index is -3.81. The highest BCUT2D eigenvalue weighted by atomic mass is 32.2. The van der Waals surface area contributed by atoms with Gasteiger partial charge in [-0.25, -0.2) is 13.1 Å². The lowest BCUT2D eigenvalue weighted by Crippen LogP contribution is -2.40. The Kier molecular flexibility index (Phi) is 5.12. The molecule has 1 saturated heterocycles. The van der Waals surface area contributed by atoms with Gasteiger partial charge in [-0.05, 0) is 19.4 Å². The van der Waals surface area contributed by atoms with Crippen LogP contribution in [0.15, 0.2) is 29.2 Å². The molecular weight excluding hydrogens is 312 g/mol. The first-order chi connectivity index (χ1) is 10.3. The van der Waals surface area contributed by atoms with E-state index in [1.54, 1.807) is 6.92 Å². The van der Waals surface area contributed by atoms with Gasteiger partial charge >= 0.3 is 0 Å². The Morgan fingerprint density at radius 3 is 2.68 bits per heavy atom. The number of nitrogens with zero attached hydrogens (tertiary/aromatic N) is 1. The largest absolute Gasteiger partial charge is 0.350 e. The minimum absolute atomic E-state index is 0.113. The molecule has 0 amide bonds. The molecule has 1 heterocycles. The van der Waals surface area contributed by atoms with E-state index in [4.69, 9.17) is 9.47 Å². The van der Waals surface area contributed by atoms with Crippen molar-refractivity contribution >= 4 is 15.7 Å². The molecule has 0 unspecified atom stereocenters. The normalized spacial score (nSPS) is 18.0. The van der Waals surface area contributed by atoms with Gasteiger partial charge in [-0.3, -0.25) is 10.1 Å². The zero-order valence-corrected chi connectivity index (χ0v) is 13.0. The molecule has 0 aromatic heterocycles. The van der Waals surface area contributed by atoms with Crippen molar-refractivity contribution in [2.75, 3.05) is 19.8 Å². The summed E-state index contributed by atoms with van der Waals surface area (Å²) >= 11 is 0. The quantitative estimate of drug-likeness (QED) is 0.624. The summed E-state index contributed by atoms with van der Waals surface area (Å²) in [7, 11) is -3.81. The van der Waals surface area contributed by atoms with Crippen LogP contribution in [0, 0.1) is 10.1 Å². The van der Waals surface area contributed by atoms with Crippen LogP contribution in [0.5, 0.6) is 0 Å². The monoisotopic (exact) mass is 330 g/mol. The Balaban J connectivity index is 1.99. The molecule has 1 aliphatic rings. The molecule has 9 heteroatoms. The van der Waals surface area contributed by atoms with E-state index in [0.717, 1.165) is 12.5 Å². The molecule has 1 aliphatic heterocycles. The number of non-ortho nitro benzene ring substituents is 1. The molecular formula is C13H18N2O6S. The van der Waals surface area contributed by atoms with Crippen molar-refractivity contribution in [1.29, 1.82) is 0 Å². The lowest BCUT2D eigenvalue weighted by molar-refractivity contribution is -0.385. The van der Waals surface area contributed by atoms with Gasteiger partial charge in [-0.1, -0.05) is 6.07 Å². The number of nitrogens with one attached hydrogen (secondary N) is 1. The van der Waals surface area contributed by atoms with Crippen molar-refractivity contribution < 1.29 is 22.8 Å². The fraction of sp³-hybridized carbons (Fsp3) is 0.538. The van der Waals surface area contributed by atoms with Gasteiger partial charge in [0, 0.05) is 25.1 Å². The third kappa shape index (κ3) is 4.23. The highest BCUT2D eigenvalue weighted by Crippen LogP contribution is 2.22. The van der Waals surface area contributed by atoms with Gasteiger partial charge in [0.2, 0.25) is 10.0 Å². The molecule has 0 bridgehead atoms. The summed E-state index contributed by atoms with van der Waals surface area (Å²) < 4.78 is 37.7. The maximum absolute atomic E-state index is 12.1. The molecule has 22 heavy (non-hydrogen) atoms. The number of ether oxygens (including phenoxy) is 2. The maximum Gasteiger partial charge on any atom is 0.270 e. The van der Waals surface area contributed by atoms with Gasteiger partial charge in [0.05, 0.1) is 23.0 Å². The molecule has 0 saturated carbocycles. The fourth-order valence-electron chi connectivity index (χ4n) is 2.08. The summed E-state index contributed by atoms with van der Waals surface area (Å²) in [6, 6.07) is 4.91. The van der Waals surface area contributed by atoms with E-state index in [2.05, 4.69) is 4.72 Å². The van der Waals surface area contributed by atoms with Crippen molar-refractivity contribution in [3.05, 3.63) is 34.4 Å². The molecule has 2 rings (SSSR count). The Morgan fingerprint density at radius 2 is 2.05 bits per heavy atom. The third-order valence-electron chi connectivity index (χ3n) is 3.31. The summed E-state index contributed by atoms with van der Waals surface area (Å²) in [6.07, 6.45) is 1.16. The predicted octanol–water partition coefficient (Wildman–Crippen LogP) is 1.42. The molecule has 0 atom stereocenters. The van der Waals surface area contributed by atoms with Gasteiger partial charge in [0.15, 0.2) is 5.79 Å². The Morgan fingerprint density at radius 1 is 1.36 bits per heavy atom. The molecule has 0 radical (unpaired) electrons. The second-order valence-electron chi connectivity index (χ2n) is 5.09. The second-order valence-corrected chi connectivity index (χ2v) is 6.85. The molecule has 1 aromatic rings. The van der Waals surface area contributed by atoms with Crippen LogP contribution < -0.4 is 4.72 Å². The summed E-state index contributed by atoms with van der Waals surface area (Å²) in [5.74, 6) is -0.802. The standard InChI is InChI=1S/C13H18N2O6S/c1-13(20-8-3-9-21-13)6-7-14-22(18,19)12-5-2-4-11(10-12)15(16)17/h2,4-5,10,14H,3,6-9H2,1H3. The predicted molar refractivity (Wildman–Crippen MR) is 77.8 cm³/mol. The van der Waals surface area contributed by atoms with Gasteiger partial charge in [0.25, 0.3) is 5.69 Å². The van der Waals surface area contributed by atoms with Crippen molar-refractivity contribution in [2.45, 2.75) is 30.4 Å². The lowest BCUT2D eigenvalue weighted by atomic mass is 10.2. The summed E-state index contributed by atoms with van der Waals surface area (Å²) in [5, 5.41) is 10.7. The first-order valence-corrected chi connectivity index (χ1v) is 8.33. The van der Waals surface area contributed by atoms with Crippen LogP contribution in [0.3, 0.4) is 0 Å². The summed E-state index contributed by atoms with van der Waals surface area (Å²) in [6.45, 7) is 3.03.